The molecule has 0 saturated heterocycles. The number of esters is 1. The Hall–Kier alpha value is -1.65. The first-order valence-corrected chi connectivity index (χ1v) is 9.94. The third-order valence-corrected chi connectivity index (χ3v) is 4.34. The zero-order chi connectivity index (χ0) is 20.5. The maximum absolute atomic E-state index is 11.1. The molecule has 0 bridgehead atoms. The molecule has 0 heterocycles. The van der Waals surface area contributed by atoms with Gasteiger partial charge in [0, 0.05) is 6.42 Å². The van der Waals surface area contributed by atoms with E-state index >= 15 is 0 Å². The Morgan fingerprint density at radius 1 is 1.00 bits per heavy atom. The number of carbonyl (C=O) groups excluding carboxylic acids is 1. The molecular formula is C23H38O4. The lowest BCUT2D eigenvalue weighted by Crippen LogP contribution is -2.23. The van der Waals surface area contributed by atoms with Crippen molar-refractivity contribution < 1.29 is 19.7 Å². The van der Waals surface area contributed by atoms with E-state index in [0.29, 0.717) is 12.8 Å². The van der Waals surface area contributed by atoms with Gasteiger partial charge in [-0.1, -0.05) is 88.6 Å². The van der Waals surface area contributed by atoms with E-state index in [1.54, 1.807) is 12.2 Å². The molecule has 0 amide bonds. The summed E-state index contributed by atoms with van der Waals surface area (Å²) in [5.74, 6) is -0.161. The fourth-order valence-corrected chi connectivity index (χ4v) is 2.53. The molecule has 154 valence electrons. The van der Waals surface area contributed by atoms with E-state index < -0.39 is 12.2 Å². The summed E-state index contributed by atoms with van der Waals surface area (Å²) < 4.78 is 4.65. The number of carbonyl (C=O) groups is 1. The van der Waals surface area contributed by atoms with E-state index in [1.165, 1.54) is 7.11 Å². The zero-order valence-corrected chi connectivity index (χ0v) is 17.4. The molecule has 2 N–H and O–H groups in total. The second-order valence-corrected chi connectivity index (χ2v) is 7.49. The van der Waals surface area contributed by atoms with Crippen molar-refractivity contribution in [3.63, 3.8) is 0 Å². The van der Waals surface area contributed by atoms with Gasteiger partial charge in [-0.25, -0.2) is 0 Å². The third-order valence-electron chi connectivity index (χ3n) is 4.34. The number of allylic oxidation sites excluding steroid dienone is 7. The van der Waals surface area contributed by atoms with Gasteiger partial charge < -0.3 is 14.9 Å². The van der Waals surface area contributed by atoms with Crippen LogP contribution in [-0.2, 0) is 9.53 Å². The average Bonchev–Trinajstić information content (AvgIpc) is 2.63. The maximum Gasteiger partial charge on any atom is 0.305 e. The lowest BCUT2D eigenvalue weighted by Gasteiger charge is -2.19. The molecule has 0 aliphatic heterocycles. The van der Waals surface area contributed by atoms with Crippen LogP contribution in [0.3, 0.4) is 0 Å². The van der Waals surface area contributed by atoms with Gasteiger partial charge in [-0.2, -0.15) is 0 Å². The molecular weight excluding hydrogens is 340 g/mol. The van der Waals surface area contributed by atoms with Gasteiger partial charge in [0.1, 0.15) is 0 Å². The number of unbranched alkanes of at least 4 members (excludes halogenated alkanes) is 2. The Bertz CT molecular complexity index is 501. The number of hydrogen-bond donors (Lipinski definition) is 2. The van der Waals surface area contributed by atoms with Crippen LogP contribution in [0.5, 0.6) is 0 Å². The van der Waals surface area contributed by atoms with Crippen LogP contribution in [0.15, 0.2) is 48.6 Å². The van der Waals surface area contributed by atoms with E-state index in [2.05, 4.69) is 31.6 Å². The first kappa shape index (κ1) is 25.4. The fourth-order valence-electron chi connectivity index (χ4n) is 2.53. The van der Waals surface area contributed by atoms with Crippen molar-refractivity contribution in [2.24, 2.45) is 5.41 Å². The molecule has 0 fully saturated rings. The molecule has 0 aliphatic carbocycles. The number of ether oxygens (including phenoxy) is 1. The minimum absolute atomic E-state index is 0.0278. The topological polar surface area (TPSA) is 66.8 Å². The number of aliphatic hydroxyl groups excluding tert-OH is 2. The van der Waals surface area contributed by atoms with Crippen LogP contribution in [0.25, 0.3) is 0 Å². The van der Waals surface area contributed by atoms with Gasteiger partial charge in [-0.15, -0.1) is 0 Å². The summed E-state index contributed by atoms with van der Waals surface area (Å²) in [6.45, 7) is 6.39. The number of rotatable bonds is 14. The normalized spacial score (nSPS) is 15.3. The van der Waals surface area contributed by atoms with Crippen molar-refractivity contribution >= 4 is 5.97 Å². The van der Waals surface area contributed by atoms with Crippen molar-refractivity contribution in [3.8, 4) is 0 Å². The quantitative estimate of drug-likeness (QED) is 0.257. The number of aliphatic hydroxyl groups is 2. The van der Waals surface area contributed by atoms with E-state index in [-0.39, 0.29) is 11.4 Å². The molecule has 0 rings (SSSR count). The molecule has 2 atom stereocenters. The number of methoxy groups -OCH3 is 1. The van der Waals surface area contributed by atoms with Crippen LogP contribution in [0, 0.1) is 5.41 Å². The van der Waals surface area contributed by atoms with Crippen LogP contribution in [-0.4, -0.2) is 35.5 Å². The van der Waals surface area contributed by atoms with Gasteiger partial charge in [-0.05, 0) is 24.7 Å². The Balaban J connectivity index is 4.14. The molecule has 4 nitrogen and oxygen atoms in total. The molecule has 0 spiro atoms. The molecule has 0 unspecified atom stereocenters. The monoisotopic (exact) mass is 378 g/mol. The molecule has 27 heavy (non-hydrogen) atoms. The van der Waals surface area contributed by atoms with Crippen LogP contribution < -0.4 is 0 Å². The lowest BCUT2D eigenvalue weighted by atomic mass is 9.87. The van der Waals surface area contributed by atoms with E-state index in [4.69, 9.17) is 0 Å². The van der Waals surface area contributed by atoms with Crippen molar-refractivity contribution in [1.82, 2.24) is 0 Å². The zero-order valence-electron chi connectivity index (χ0n) is 17.4. The second-order valence-electron chi connectivity index (χ2n) is 7.49. The highest BCUT2D eigenvalue weighted by Gasteiger charge is 2.14. The summed E-state index contributed by atoms with van der Waals surface area (Å²) in [6.07, 6.45) is 19.5. The van der Waals surface area contributed by atoms with Gasteiger partial charge in [-0.3, -0.25) is 4.79 Å². The summed E-state index contributed by atoms with van der Waals surface area (Å²) in [5, 5.41) is 19.7. The molecule has 0 radical (unpaired) electrons. The van der Waals surface area contributed by atoms with E-state index in [0.717, 1.165) is 32.1 Å². The van der Waals surface area contributed by atoms with Crippen LogP contribution in [0.2, 0.25) is 0 Å². The van der Waals surface area contributed by atoms with Crippen LogP contribution in [0.1, 0.15) is 65.7 Å². The fraction of sp³-hybridized carbons (Fsp3) is 0.609. The number of hydrogen-bond acceptors (Lipinski definition) is 4. The predicted molar refractivity (Wildman–Crippen MR) is 112 cm³/mol. The van der Waals surface area contributed by atoms with Gasteiger partial charge in [0.15, 0.2) is 0 Å². The molecule has 0 aromatic rings. The highest BCUT2D eigenvalue weighted by Crippen LogP contribution is 2.25. The Morgan fingerprint density at radius 3 is 2.26 bits per heavy atom. The van der Waals surface area contributed by atoms with Crippen molar-refractivity contribution in [1.29, 1.82) is 0 Å². The maximum atomic E-state index is 11.1. The van der Waals surface area contributed by atoms with Gasteiger partial charge in [0.25, 0.3) is 0 Å². The smallest absolute Gasteiger partial charge is 0.305 e. The first-order chi connectivity index (χ1) is 12.8. The lowest BCUT2D eigenvalue weighted by molar-refractivity contribution is -0.140. The summed E-state index contributed by atoms with van der Waals surface area (Å²) in [5.41, 5.74) is 0.0278. The summed E-state index contributed by atoms with van der Waals surface area (Å²) in [7, 11) is 1.41. The summed E-state index contributed by atoms with van der Waals surface area (Å²) >= 11 is 0. The Morgan fingerprint density at radius 2 is 1.63 bits per heavy atom. The standard InChI is InChI=1S/C23H38O4/c1-5-6-11-15-20(24)21(25)16-12-9-7-8-10-13-18-23(2,3)19-14-17-22(26)27-4/h7-10,12-13,16,18,20-21,24-25H,5-6,11,14-15,17,19H2,1-4H3/b9-7+,10-8-,16-12+,18-13+/t20-,21-/m1/s1. The minimum Gasteiger partial charge on any atom is -0.469 e. The van der Waals surface area contributed by atoms with Crippen LogP contribution in [0.4, 0.5) is 0 Å². The third kappa shape index (κ3) is 15.1. The molecule has 4 heteroatoms. The van der Waals surface area contributed by atoms with Crippen molar-refractivity contribution in [2.45, 2.75) is 77.9 Å². The SMILES string of the molecule is CCCCC[C@@H](O)[C@H](O)/C=C/C=C/C=C\C=C\C(C)(C)CCCC(=O)OC. The van der Waals surface area contributed by atoms with Crippen molar-refractivity contribution in [3.05, 3.63) is 48.6 Å². The molecule has 0 aromatic heterocycles. The molecule has 0 saturated carbocycles. The predicted octanol–water partition coefficient (Wildman–Crippen LogP) is 4.88. The van der Waals surface area contributed by atoms with Crippen molar-refractivity contribution in [2.75, 3.05) is 7.11 Å². The summed E-state index contributed by atoms with van der Waals surface area (Å²) in [6, 6.07) is 0. The second kappa shape index (κ2) is 15.4. The summed E-state index contributed by atoms with van der Waals surface area (Å²) in [4.78, 5) is 11.1. The van der Waals surface area contributed by atoms with Gasteiger partial charge in [0.05, 0.1) is 19.3 Å². The van der Waals surface area contributed by atoms with Gasteiger partial charge in [0.2, 0.25) is 0 Å². The highest BCUT2D eigenvalue weighted by atomic mass is 16.5. The van der Waals surface area contributed by atoms with Crippen LogP contribution >= 0.6 is 0 Å². The minimum atomic E-state index is -0.818. The molecule has 0 aliphatic rings. The Labute approximate surface area is 165 Å². The largest absolute Gasteiger partial charge is 0.469 e. The average molecular weight is 379 g/mol. The Kier molecular flexibility index (Phi) is 14.5. The van der Waals surface area contributed by atoms with Gasteiger partial charge >= 0.3 is 5.97 Å². The van der Waals surface area contributed by atoms with E-state index in [9.17, 15) is 15.0 Å². The highest BCUT2D eigenvalue weighted by molar-refractivity contribution is 5.68. The van der Waals surface area contributed by atoms with E-state index in [1.807, 2.05) is 30.4 Å². The molecule has 0 aromatic carbocycles. The first-order valence-electron chi connectivity index (χ1n) is 9.94.